The van der Waals surface area contributed by atoms with E-state index in [0.717, 1.165) is 22.8 Å². The third-order valence-corrected chi connectivity index (χ3v) is 6.51. The van der Waals surface area contributed by atoms with E-state index in [0.29, 0.717) is 27.3 Å². The Kier molecular flexibility index (Phi) is 7.15. The van der Waals surface area contributed by atoms with Crippen molar-refractivity contribution in [3.05, 3.63) is 99.8 Å². The predicted molar refractivity (Wildman–Crippen MR) is 131 cm³/mol. The number of carbonyl (C=O) groups excluding carboxylic acids is 1. The van der Waals surface area contributed by atoms with Gasteiger partial charge >= 0.3 is 0 Å². The second-order valence-electron chi connectivity index (χ2n) is 7.05. The van der Waals surface area contributed by atoms with Gasteiger partial charge in [-0.25, -0.2) is 0 Å². The molecule has 162 valence electrons. The van der Waals surface area contributed by atoms with E-state index in [9.17, 15) is 4.79 Å². The Hall–Kier alpha value is -2.80. The molecule has 0 amide bonds. The van der Waals surface area contributed by atoms with Crippen molar-refractivity contribution >= 4 is 46.4 Å². The minimum atomic E-state index is 0.00325. The van der Waals surface area contributed by atoms with Gasteiger partial charge in [-0.2, -0.15) is 0 Å². The fourth-order valence-electron chi connectivity index (χ4n) is 3.17. The molecule has 0 aliphatic rings. The Morgan fingerprint density at radius 2 is 1.72 bits per heavy atom. The second kappa shape index (κ2) is 10.2. The van der Waals surface area contributed by atoms with Crippen molar-refractivity contribution in [3.8, 4) is 5.69 Å². The summed E-state index contributed by atoms with van der Waals surface area (Å²) in [4.78, 5) is 12.6. The monoisotopic (exact) mass is 482 g/mol. The van der Waals surface area contributed by atoms with E-state index >= 15 is 0 Å². The van der Waals surface area contributed by atoms with Crippen molar-refractivity contribution < 1.29 is 4.79 Å². The summed E-state index contributed by atoms with van der Waals surface area (Å²) in [6, 6.07) is 22.5. The lowest BCUT2D eigenvalue weighted by molar-refractivity contribution is 0.102. The molecule has 4 rings (SSSR count). The van der Waals surface area contributed by atoms with Crippen LogP contribution in [0.5, 0.6) is 0 Å². The molecular formula is C24H20Cl2N4OS. The van der Waals surface area contributed by atoms with Crippen LogP contribution in [-0.4, -0.2) is 26.3 Å². The first kappa shape index (κ1) is 22.4. The number of hydrogen-bond acceptors (Lipinski definition) is 5. The zero-order chi connectivity index (χ0) is 22.5. The van der Waals surface area contributed by atoms with Crippen LogP contribution in [0, 0.1) is 6.92 Å². The molecule has 0 aliphatic carbocycles. The summed E-state index contributed by atoms with van der Waals surface area (Å²) in [6.45, 7) is 2.42. The number of hydrogen-bond donors (Lipinski definition) is 1. The van der Waals surface area contributed by atoms with E-state index in [2.05, 4.69) is 15.5 Å². The summed E-state index contributed by atoms with van der Waals surface area (Å²) in [5.74, 6) is 0.980. The quantitative estimate of drug-likeness (QED) is 0.230. The molecule has 0 atom stereocenters. The van der Waals surface area contributed by atoms with E-state index in [1.807, 2.05) is 60.0 Å². The van der Waals surface area contributed by atoms with Gasteiger partial charge in [-0.3, -0.25) is 9.36 Å². The SMILES string of the molecule is Cc1c(Cl)cccc1NCc1nnc(SCC(=O)c2ccc(Cl)cc2)n1-c1ccccc1. The van der Waals surface area contributed by atoms with Crippen molar-refractivity contribution in [2.24, 2.45) is 0 Å². The lowest BCUT2D eigenvalue weighted by Gasteiger charge is -2.13. The van der Waals surface area contributed by atoms with Gasteiger partial charge in [0.05, 0.1) is 12.3 Å². The molecule has 0 fully saturated rings. The van der Waals surface area contributed by atoms with Crippen LogP contribution < -0.4 is 5.32 Å². The third-order valence-electron chi connectivity index (χ3n) is 4.92. The highest BCUT2D eigenvalue weighted by Crippen LogP contribution is 2.26. The fraction of sp³-hybridized carbons (Fsp3) is 0.125. The Morgan fingerprint density at radius 3 is 2.47 bits per heavy atom. The standard InChI is InChI=1S/C24H20Cl2N4OS/c1-16-20(26)8-5-9-21(16)27-14-23-28-29-24(30(23)19-6-3-2-4-7-19)32-15-22(31)17-10-12-18(25)13-11-17/h2-13,27H,14-15H2,1H3. The Morgan fingerprint density at radius 1 is 0.969 bits per heavy atom. The summed E-state index contributed by atoms with van der Waals surface area (Å²) in [6.07, 6.45) is 0. The molecule has 1 aromatic heterocycles. The first-order chi connectivity index (χ1) is 15.5. The van der Waals surface area contributed by atoms with Crippen molar-refractivity contribution in [2.45, 2.75) is 18.6 Å². The largest absolute Gasteiger partial charge is 0.377 e. The summed E-state index contributed by atoms with van der Waals surface area (Å²) >= 11 is 13.5. The highest BCUT2D eigenvalue weighted by Gasteiger charge is 2.17. The van der Waals surface area contributed by atoms with Gasteiger partial charge in [0, 0.05) is 27.0 Å². The Labute approximate surface area is 200 Å². The first-order valence-electron chi connectivity index (χ1n) is 9.93. The predicted octanol–water partition coefficient (Wildman–Crippen LogP) is 6.47. The number of halogens is 2. The van der Waals surface area contributed by atoms with Crippen LogP contribution in [0.25, 0.3) is 5.69 Å². The fourth-order valence-corrected chi connectivity index (χ4v) is 4.33. The molecular weight excluding hydrogens is 463 g/mol. The molecule has 1 N–H and O–H groups in total. The van der Waals surface area contributed by atoms with Crippen LogP contribution in [0.2, 0.25) is 10.0 Å². The van der Waals surface area contributed by atoms with Gasteiger partial charge < -0.3 is 5.32 Å². The van der Waals surface area contributed by atoms with Crippen molar-refractivity contribution in [1.29, 1.82) is 0 Å². The number of nitrogens with zero attached hydrogens (tertiary/aromatic N) is 3. The van der Waals surface area contributed by atoms with Crippen LogP contribution in [0.1, 0.15) is 21.7 Å². The number of carbonyl (C=O) groups is 1. The maximum absolute atomic E-state index is 12.6. The van der Waals surface area contributed by atoms with Crippen LogP contribution in [0.4, 0.5) is 5.69 Å². The number of para-hydroxylation sites is 1. The number of rotatable bonds is 8. The van der Waals surface area contributed by atoms with Gasteiger partial charge in [0.1, 0.15) is 0 Å². The maximum Gasteiger partial charge on any atom is 0.196 e. The number of benzene rings is 3. The molecule has 0 aliphatic heterocycles. The molecule has 4 aromatic rings. The average Bonchev–Trinajstić information content (AvgIpc) is 3.22. The molecule has 32 heavy (non-hydrogen) atoms. The van der Waals surface area contributed by atoms with Crippen LogP contribution in [-0.2, 0) is 6.54 Å². The average molecular weight is 483 g/mol. The molecule has 0 radical (unpaired) electrons. The normalized spacial score (nSPS) is 10.8. The minimum Gasteiger partial charge on any atom is -0.377 e. The number of anilines is 1. The first-order valence-corrected chi connectivity index (χ1v) is 11.7. The van der Waals surface area contributed by atoms with Gasteiger partial charge in [-0.1, -0.05) is 59.2 Å². The van der Waals surface area contributed by atoms with E-state index in [4.69, 9.17) is 23.2 Å². The van der Waals surface area contributed by atoms with Crippen LogP contribution >= 0.6 is 35.0 Å². The van der Waals surface area contributed by atoms with E-state index < -0.39 is 0 Å². The number of aromatic nitrogens is 3. The molecule has 0 saturated carbocycles. The number of nitrogens with one attached hydrogen (secondary N) is 1. The van der Waals surface area contributed by atoms with Gasteiger partial charge in [0.25, 0.3) is 0 Å². The second-order valence-corrected chi connectivity index (χ2v) is 8.84. The number of thioether (sulfide) groups is 1. The smallest absolute Gasteiger partial charge is 0.196 e. The van der Waals surface area contributed by atoms with Crippen LogP contribution in [0.3, 0.4) is 0 Å². The summed E-state index contributed by atoms with van der Waals surface area (Å²) < 4.78 is 1.96. The molecule has 8 heteroatoms. The molecule has 5 nitrogen and oxygen atoms in total. The van der Waals surface area contributed by atoms with E-state index in [1.54, 1.807) is 24.3 Å². The van der Waals surface area contributed by atoms with Crippen molar-refractivity contribution in [2.75, 3.05) is 11.1 Å². The van der Waals surface area contributed by atoms with E-state index in [1.165, 1.54) is 11.8 Å². The maximum atomic E-state index is 12.6. The van der Waals surface area contributed by atoms with Gasteiger partial charge in [-0.15, -0.1) is 10.2 Å². The summed E-state index contributed by atoms with van der Waals surface area (Å²) in [5.41, 5.74) is 3.46. The zero-order valence-electron chi connectivity index (χ0n) is 17.3. The topological polar surface area (TPSA) is 59.8 Å². The lowest BCUT2D eigenvalue weighted by Crippen LogP contribution is -2.10. The van der Waals surface area contributed by atoms with Gasteiger partial charge in [0.2, 0.25) is 0 Å². The lowest BCUT2D eigenvalue weighted by atomic mass is 10.1. The van der Waals surface area contributed by atoms with Gasteiger partial charge in [-0.05, 0) is 61.0 Å². The highest BCUT2D eigenvalue weighted by atomic mass is 35.5. The molecule has 1 heterocycles. The van der Waals surface area contributed by atoms with E-state index in [-0.39, 0.29) is 11.5 Å². The Balaban J connectivity index is 1.56. The Bertz CT molecular complexity index is 1230. The number of Topliss-reactive ketones (excluding diaryl/α,β-unsaturated/α-hetero) is 1. The van der Waals surface area contributed by atoms with Crippen molar-refractivity contribution in [1.82, 2.24) is 14.8 Å². The molecule has 0 unspecified atom stereocenters. The molecule has 3 aromatic carbocycles. The summed E-state index contributed by atoms with van der Waals surface area (Å²) in [7, 11) is 0. The van der Waals surface area contributed by atoms with Crippen molar-refractivity contribution in [3.63, 3.8) is 0 Å². The van der Waals surface area contributed by atoms with Gasteiger partial charge in [0.15, 0.2) is 16.8 Å². The molecule has 0 spiro atoms. The number of ketones is 1. The highest BCUT2D eigenvalue weighted by molar-refractivity contribution is 7.99. The summed E-state index contributed by atoms with van der Waals surface area (Å²) in [5, 5.41) is 14.1. The zero-order valence-corrected chi connectivity index (χ0v) is 19.6. The van der Waals surface area contributed by atoms with Crippen LogP contribution in [0.15, 0.2) is 78.0 Å². The third kappa shape index (κ3) is 5.15. The molecule has 0 saturated heterocycles. The minimum absolute atomic E-state index is 0.00325. The molecule has 0 bridgehead atoms.